The van der Waals surface area contributed by atoms with Crippen molar-refractivity contribution in [2.24, 2.45) is 0 Å². The molecule has 1 aliphatic rings. The molecule has 1 saturated carbocycles. The summed E-state index contributed by atoms with van der Waals surface area (Å²) in [4.78, 5) is 6.10. The summed E-state index contributed by atoms with van der Waals surface area (Å²) in [6.07, 6.45) is 3.55. The van der Waals surface area contributed by atoms with E-state index in [1.807, 2.05) is 11.9 Å². The van der Waals surface area contributed by atoms with Gasteiger partial charge in [-0.25, -0.2) is 4.98 Å². The topological polar surface area (TPSA) is 36.4 Å². The first kappa shape index (κ1) is 14.2. The molecular formula is C12H15Cl3N2O. The van der Waals surface area contributed by atoms with E-state index in [4.69, 9.17) is 34.8 Å². The molecule has 2 rings (SSSR count). The number of aliphatic hydroxyl groups is 1. The van der Waals surface area contributed by atoms with Crippen molar-refractivity contribution in [2.75, 3.05) is 11.9 Å². The van der Waals surface area contributed by atoms with E-state index in [0.29, 0.717) is 15.9 Å². The maximum absolute atomic E-state index is 10.0. The first-order chi connectivity index (χ1) is 8.50. The first-order valence-corrected chi connectivity index (χ1v) is 7.06. The van der Waals surface area contributed by atoms with Gasteiger partial charge in [-0.1, -0.05) is 47.6 Å². The summed E-state index contributed by atoms with van der Waals surface area (Å²) in [5, 5.41) is 11.1. The van der Waals surface area contributed by atoms with Gasteiger partial charge < -0.3 is 10.0 Å². The molecule has 1 N–H and O–H groups in total. The van der Waals surface area contributed by atoms with Crippen LogP contribution in [0.3, 0.4) is 0 Å². The van der Waals surface area contributed by atoms with Crippen LogP contribution in [0.1, 0.15) is 25.7 Å². The highest BCUT2D eigenvalue weighted by Gasteiger charge is 2.28. The van der Waals surface area contributed by atoms with Crippen molar-refractivity contribution < 1.29 is 5.11 Å². The number of rotatable bonds is 2. The van der Waals surface area contributed by atoms with Gasteiger partial charge in [0.15, 0.2) is 0 Å². The van der Waals surface area contributed by atoms with Crippen molar-refractivity contribution in [1.82, 2.24) is 4.98 Å². The molecule has 1 aromatic heterocycles. The second-order valence-corrected chi connectivity index (χ2v) is 5.77. The number of nitrogens with zero attached hydrogens (tertiary/aromatic N) is 2. The zero-order valence-electron chi connectivity index (χ0n) is 10.0. The number of aliphatic hydroxyl groups excluding tert-OH is 1. The summed E-state index contributed by atoms with van der Waals surface area (Å²) in [7, 11) is 1.87. The molecule has 0 aromatic carbocycles. The number of halogens is 3. The van der Waals surface area contributed by atoms with Gasteiger partial charge in [0.25, 0.3) is 0 Å². The van der Waals surface area contributed by atoms with E-state index in [1.54, 1.807) is 6.07 Å². The lowest BCUT2D eigenvalue weighted by Gasteiger charge is -2.36. The number of pyridine rings is 1. The van der Waals surface area contributed by atoms with Crippen molar-refractivity contribution in [3.8, 4) is 0 Å². The third-order valence-electron chi connectivity index (χ3n) is 3.39. The SMILES string of the molecule is CN(c1nc(Cl)c(Cl)cc1Cl)C1CCCCC1O. The lowest BCUT2D eigenvalue weighted by atomic mass is 9.91. The predicted molar refractivity (Wildman–Crippen MR) is 75.9 cm³/mol. The summed E-state index contributed by atoms with van der Waals surface area (Å²) in [6, 6.07) is 1.61. The summed E-state index contributed by atoms with van der Waals surface area (Å²) in [5.41, 5.74) is 0. The average molecular weight is 310 g/mol. The molecule has 6 heteroatoms. The Labute approximate surface area is 122 Å². The fourth-order valence-corrected chi connectivity index (χ4v) is 3.01. The summed E-state index contributed by atoms with van der Waals surface area (Å²) < 4.78 is 0. The fraction of sp³-hybridized carbons (Fsp3) is 0.583. The van der Waals surface area contributed by atoms with Crippen LogP contribution >= 0.6 is 34.8 Å². The minimum Gasteiger partial charge on any atom is -0.391 e. The van der Waals surface area contributed by atoms with Crippen LogP contribution in [-0.2, 0) is 0 Å². The molecule has 2 unspecified atom stereocenters. The van der Waals surface area contributed by atoms with Gasteiger partial charge in [-0.05, 0) is 18.9 Å². The van der Waals surface area contributed by atoms with Crippen LogP contribution in [0.4, 0.5) is 5.82 Å². The van der Waals surface area contributed by atoms with Crippen LogP contribution in [0.2, 0.25) is 15.2 Å². The van der Waals surface area contributed by atoms with Crippen molar-refractivity contribution in [3.63, 3.8) is 0 Å². The zero-order chi connectivity index (χ0) is 13.3. The van der Waals surface area contributed by atoms with Gasteiger partial charge in [0.05, 0.1) is 22.2 Å². The molecule has 1 fully saturated rings. The second-order valence-electron chi connectivity index (χ2n) is 4.60. The van der Waals surface area contributed by atoms with E-state index in [2.05, 4.69) is 4.98 Å². The zero-order valence-corrected chi connectivity index (χ0v) is 12.3. The molecule has 0 amide bonds. The number of aromatic nitrogens is 1. The highest BCUT2D eigenvalue weighted by atomic mass is 35.5. The van der Waals surface area contributed by atoms with Crippen molar-refractivity contribution in [3.05, 3.63) is 21.3 Å². The van der Waals surface area contributed by atoms with Crippen molar-refractivity contribution >= 4 is 40.6 Å². The molecule has 1 aliphatic carbocycles. The monoisotopic (exact) mass is 308 g/mol. The van der Waals surface area contributed by atoms with Crippen LogP contribution in [0, 0.1) is 0 Å². The van der Waals surface area contributed by atoms with E-state index in [9.17, 15) is 5.11 Å². The minimum atomic E-state index is -0.351. The van der Waals surface area contributed by atoms with Gasteiger partial charge >= 0.3 is 0 Å². The van der Waals surface area contributed by atoms with Gasteiger partial charge in [0, 0.05) is 7.05 Å². The standard InChI is InChI=1S/C12H15Cl3N2O/c1-17(9-4-2-3-5-10(9)18)12-8(14)6-7(13)11(15)16-12/h6,9-10,18H,2-5H2,1H3. The van der Waals surface area contributed by atoms with E-state index in [0.717, 1.165) is 25.7 Å². The van der Waals surface area contributed by atoms with Gasteiger partial charge in [-0.3, -0.25) is 0 Å². The third kappa shape index (κ3) is 2.85. The Balaban J connectivity index is 2.27. The molecule has 0 bridgehead atoms. The van der Waals surface area contributed by atoms with Gasteiger partial charge in [-0.2, -0.15) is 0 Å². The maximum atomic E-state index is 10.0. The van der Waals surface area contributed by atoms with Crippen LogP contribution < -0.4 is 4.90 Å². The van der Waals surface area contributed by atoms with Crippen LogP contribution in [0.25, 0.3) is 0 Å². The smallest absolute Gasteiger partial charge is 0.150 e. The lowest BCUT2D eigenvalue weighted by Crippen LogP contribution is -2.44. The number of anilines is 1. The first-order valence-electron chi connectivity index (χ1n) is 5.93. The van der Waals surface area contributed by atoms with E-state index < -0.39 is 0 Å². The lowest BCUT2D eigenvalue weighted by molar-refractivity contribution is 0.106. The predicted octanol–water partition coefficient (Wildman–Crippen LogP) is 3.78. The summed E-state index contributed by atoms with van der Waals surface area (Å²) in [6.45, 7) is 0. The van der Waals surface area contributed by atoms with E-state index in [1.165, 1.54) is 0 Å². The van der Waals surface area contributed by atoms with Crippen LogP contribution in [-0.4, -0.2) is 29.3 Å². The average Bonchev–Trinajstić information content (AvgIpc) is 2.33. The van der Waals surface area contributed by atoms with E-state index in [-0.39, 0.29) is 17.3 Å². The molecule has 1 aromatic rings. The Kier molecular flexibility index (Phi) is 4.59. The summed E-state index contributed by atoms with van der Waals surface area (Å²) in [5.74, 6) is 0.567. The van der Waals surface area contributed by atoms with E-state index >= 15 is 0 Å². The normalized spacial score (nSPS) is 24.1. The maximum Gasteiger partial charge on any atom is 0.150 e. The summed E-state index contributed by atoms with van der Waals surface area (Å²) >= 11 is 17.9. The Morgan fingerprint density at radius 3 is 2.56 bits per heavy atom. The molecule has 1 heterocycles. The van der Waals surface area contributed by atoms with Crippen molar-refractivity contribution in [1.29, 1.82) is 0 Å². The minimum absolute atomic E-state index is 0.0287. The molecular weight excluding hydrogens is 295 g/mol. The Bertz CT molecular complexity index is 442. The molecule has 100 valence electrons. The molecule has 0 spiro atoms. The molecule has 18 heavy (non-hydrogen) atoms. The molecule has 2 atom stereocenters. The second kappa shape index (κ2) is 5.83. The number of hydrogen-bond acceptors (Lipinski definition) is 3. The quantitative estimate of drug-likeness (QED) is 0.845. The molecule has 0 aliphatic heterocycles. The van der Waals surface area contributed by atoms with Gasteiger partial charge in [0.1, 0.15) is 11.0 Å². The number of hydrogen-bond donors (Lipinski definition) is 1. The highest BCUT2D eigenvalue weighted by molar-refractivity contribution is 6.42. The molecule has 0 radical (unpaired) electrons. The third-order valence-corrected chi connectivity index (χ3v) is 4.34. The van der Waals surface area contributed by atoms with Crippen molar-refractivity contribution in [2.45, 2.75) is 37.8 Å². The Morgan fingerprint density at radius 2 is 1.89 bits per heavy atom. The fourth-order valence-electron chi connectivity index (χ4n) is 2.38. The Hall–Kier alpha value is -0.220. The van der Waals surface area contributed by atoms with Crippen LogP contribution in [0.15, 0.2) is 6.07 Å². The number of likely N-dealkylation sites (N-methyl/N-ethyl adjacent to an activating group) is 1. The van der Waals surface area contributed by atoms with Gasteiger partial charge in [-0.15, -0.1) is 0 Å². The highest BCUT2D eigenvalue weighted by Crippen LogP contribution is 2.34. The largest absolute Gasteiger partial charge is 0.391 e. The Morgan fingerprint density at radius 1 is 1.22 bits per heavy atom. The molecule has 3 nitrogen and oxygen atoms in total. The van der Waals surface area contributed by atoms with Gasteiger partial charge in [0.2, 0.25) is 0 Å². The van der Waals surface area contributed by atoms with Crippen LogP contribution in [0.5, 0.6) is 0 Å². The molecule has 0 saturated heterocycles.